The Morgan fingerprint density at radius 2 is 2.17 bits per heavy atom. The van der Waals surface area contributed by atoms with Crippen molar-refractivity contribution in [3.8, 4) is 0 Å². The second-order valence-corrected chi connectivity index (χ2v) is 3.76. The van der Waals surface area contributed by atoms with Crippen molar-refractivity contribution < 1.29 is 14.5 Å². The first kappa shape index (κ1) is 13.9. The van der Waals surface area contributed by atoms with Gasteiger partial charge in [0, 0.05) is 0 Å². The molecular weight excluding hydrogens is 240 g/mol. The summed E-state index contributed by atoms with van der Waals surface area (Å²) in [4.78, 5) is 24.0. The summed E-state index contributed by atoms with van der Waals surface area (Å²) in [6.07, 6.45) is 5.59. The summed E-state index contributed by atoms with van der Waals surface area (Å²) >= 11 is 0. The number of nitrogens with two attached hydrogens (primary N) is 1. The van der Waals surface area contributed by atoms with Gasteiger partial charge < -0.3 is 20.6 Å². The van der Waals surface area contributed by atoms with Crippen LogP contribution in [-0.4, -0.2) is 27.2 Å². The van der Waals surface area contributed by atoms with Gasteiger partial charge in [0.1, 0.15) is 12.4 Å². The van der Waals surface area contributed by atoms with Crippen LogP contribution in [0.5, 0.6) is 0 Å². The highest BCUT2D eigenvalue weighted by atomic mass is 16.6. The molecule has 0 aliphatic heterocycles. The van der Waals surface area contributed by atoms with Crippen LogP contribution in [0.1, 0.15) is 25.7 Å². The average Bonchev–Trinajstić information content (AvgIpc) is 2.75. The first-order valence-corrected chi connectivity index (χ1v) is 5.69. The second-order valence-electron chi connectivity index (χ2n) is 3.76. The number of carbonyl (C=O) groups is 1. The molecule has 1 heterocycles. The van der Waals surface area contributed by atoms with Crippen LogP contribution in [-0.2, 0) is 11.3 Å². The monoisotopic (exact) mass is 256 g/mol. The lowest BCUT2D eigenvalue weighted by molar-refractivity contribution is -0.396. The lowest BCUT2D eigenvalue weighted by Gasteiger charge is -2.02. The number of carbonyl (C=O) groups excluding carboxylic acids is 1. The highest BCUT2D eigenvalue weighted by molar-refractivity contribution is 5.64. The predicted molar refractivity (Wildman–Crippen MR) is 62.9 cm³/mol. The van der Waals surface area contributed by atoms with E-state index in [-0.39, 0.29) is 5.95 Å². The second kappa shape index (κ2) is 7.25. The summed E-state index contributed by atoms with van der Waals surface area (Å²) in [5.41, 5.74) is 4.81. The molecule has 18 heavy (non-hydrogen) atoms. The first-order valence-electron chi connectivity index (χ1n) is 5.69. The molecule has 1 aromatic heterocycles. The molecule has 2 N–H and O–H groups in total. The number of aromatic nitrogens is 2. The number of hydrogen-bond donors (Lipinski definition) is 1. The van der Waals surface area contributed by atoms with E-state index in [1.54, 1.807) is 6.20 Å². The molecule has 0 saturated heterocycles. The average molecular weight is 256 g/mol. The van der Waals surface area contributed by atoms with Crippen molar-refractivity contribution in [3.05, 3.63) is 22.5 Å². The molecule has 8 nitrogen and oxygen atoms in total. The molecule has 0 bridgehead atoms. The molecule has 100 valence electrons. The number of rotatable bonds is 8. The fourth-order valence-corrected chi connectivity index (χ4v) is 1.56. The van der Waals surface area contributed by atoms with Crippen molar-refractivity contribution >= 4 is 12.0 Å². The molecule has 1 aromatic rings. The van der Waals surface area contributed by atoms with E-state index in [1.807, 2.05) is 0 Å². The molecule has 8 heteroatoms. The van der Waals surface area contributed by atoms with Gasteiger partial charge in [-0.2, -0.15) is 0 Å². The minimum atomic E-state index is -0.760. The van der Waals surface area contributed by atoms with Crippen LogP contribution in [0.3, 0.4) is 0 Å². The lowest BCUT2D eigenvalue weighted by atomic mass is 10.2. The number of nitrogens with zero attached hydrogens (tertiary/aromatic N) is 3. The number of imidazole rings is 1. The van der Waals surface area contributed by atoms with Gasteiger partial charge in [-0.3, -0.25) is 0 Å². The zero-order chi connectivity index (χ0) is 13.4. The molecular formula is C10H16N4O4. The molecule has 0 aromatic carbocycles. The molecule has 0 radical (unpaired) electrons. The van der Waals surface area contributed by atoms with Gasteiger partial charge in [-0.15, -0.1) is 0 Å². The van der Waals surface area contributed by atoms with Gasteiger partial charge in [-0.1, -0.05) is 11.4 Å². The van der Waals surface area contributed by atoms with E-state index in [0.29, 0.717) is 13.2 Å². The number of unbranched alkanes of at least 4 members (excludes halogenated alkanes) is 3. The topological polar surface area (TPSA) is 113 Å². The Balaban J connectivity index is 2.12. The standard InChI is InChI=1S/C10H16N4O4/c11-9(15)18-8-4-2-1-3-6-13-7-5-12-10(13)14(16)17/h5,7H,1-4,6,8H2,(H2,11,15). The molecule has 1 rings (SSSR count). The minimum Gasteiger partial charge on any atom is -0.450 e. The van der Waals surface area contributed by atoms with Crippen molar-refractivity contribution in [1.29, 1.82) is 0 Å². The Kier molecular flexibility index (Phi) is 5.62. The smallest absolute Gasteiger partial charge is 0.434 e. The number of nitro groups is 1. The minimum absolute atomic E-state index is 0.132. The number of amides is 1. The normalized spacial score (nSPS) is 10.2. The third-order valence-corrected chi connectivity index (χ3v) is 2.39. The van der Waals surface area contributed by atoms with E-state index < -0.39 is 11.0 Å². The summed E-state index contributed by atoms with van der Waals surface area (Å²) in [5, 5.41) is 10.6. The van der Waals surface area contributed by atoms with E-state index in [9.17, 15) is 14.9 Å². The number of primary amides is 1. The van der Waals surface area contributed by atoms with E-state index in [4.69, 9.17) is 5.73 Å². The van der Waals surface area contributed by atoms with Crippen LogP contribution >= 0.6 is 0 Å². The fourth-order valence-electron chi connectivity index (χ4n) is 1.56. The summed E-state index contributed by atoms with van der Waals surface area (Å²) < 4.78 is 6.09. The highest BCUT2D eigenvalue weighted by Crippen LogP contribution is 2.10. The quantitative estimate of drug-likeness (QED) is 0.429. The maximum atomic E-state index is 10.6. The van der Waals surface area contributed by atoms with E-state index in [2.05, 4.69) is 9.72 Å². The Hall–Kier alpha value is -2.12. The maximum absolute atomic E-state index is 10.6. The predicted octanol–water partition coefficient (Wildman–Crippen LogP) is 1.45. The molecule has 0 aliphatic rings. The van der Waals surface area contributed by atoms with Crippen molar-refractivity contribution in [2.24, 2.45) is 5.73 Å². The van der Waals surface area contributed by atoms with E-state index >= 15 is 0 Å². The molecule has 0 aliphatic carbocycles. The Morgan fingerprint density at radius 1 is 1.44 bits per heavy atom. The number of hydrogen-bond acceptors (Lipinski definition) is 5. The van der Waals surface area contributed by atoms with Gasteiger partial charge in [0.25, 0.3) is 0 Å². The first-order chi connectivity index (χ1) is 8.61. The zero-order valence-corrected chi connectivity index (χ0v) is 9.95. The molecule has 0 unspecified atom stereocenters. The SMILES string of the molecule is NC(=O)OCCCCCCn1ccnc1[N+](=O)[O-]. The maximum Gasteiger partial charge on any atom is 0.434 e. The zero-order valence-electron chi connectivity index (χ0n) is 9.95. The number of ether oxygens (including phenoxy) is 1. The van der Waals surface area contributed by atoms with Crippen LogP contribution in [0.15, 0.2) is 12.4 Å². The van der Waals surface area contributed by atoms with E-state index in [1.165, 1.54) is 10.8 Å². The van der Waals surface area contributed by atoms with Crippen molar-refractivity contribution in [2.45, 2.75) is 32.2 Å². The van der Waals surface area contributed by atoms with Crippen LogP contribution in [0.2, 0.25) is 0 Å². The summed E-state index contributed by atoms with van der Waals surface area (Å²) in [6, 6.07) is 0. The van der Waals surface area contributed by atoms with Gasteiger partial charge in [-0.25, -0.2) is 9.36 Å². The van der Waals surface area contributed by atoms with Crippen molar-refractivity contribution in [3.63, 3.8) is 0 Å². The Labute approximate surface area is 104 Å². The van der Waals surface area contributed by atoms with Crippen LogP contribution < -0.4 is 5.73 Å². The van der Waals surface area contributed by atoms with Crippen LogP contribution in [0.4, 0.5) is 10.7 Å². The molecule has 0 saturated carbocycles. The lowest BCUT2D eigenvalue weighted by Crippen LogP contribution is -2.13. The fraction of sp³-hybridized carbons (Fsp3) is 0.600. The van der Waals surface area contributed by atoms with Crippen molar-refractivity contribution in [2.75, 3.05) is 6.61 Å². The largest absolute Gasteiger partial charge is 0.450 e. The Bertz CT molecular complexity index is 404. The third kappa shape index (κ3) is 4.81. The Morgan fingerprint density at radius 3 is 2.83 bits per heavy atom. The van der Waals surface area contributed by atoms with Crippen LogP contribution in [0.25, 0.3) is 0 Å². The summed E-state index contributed by atoms with van der Waals surface area (Å²) in [6.45, 7) is 0.882. The molecule has 0 spiro atoms. The highest BCUT2D eigenvalue weighted by Gasteiger charge is 2.12. The molecule has 1 amide bonds. The van der Waals surface area contributed by atoms with Gasteiger partial charge >= 0.3 is 12.0 Å². The van der Waals surface area contributed by atoms with Gasteiger partial charge in [-0.05, 0) is 24.2 Å². The van der Waals surface area contributed by atoms with E-state index in [0.717, 1.165) is 25.7 Å². The molecule has 0 atom stereocenters. The van der Waals surface area contributed by atoms with Crippen molar-refractivity contribution in [1.82, 2.24) is 9.55 Å². The summed E-state index contributed by atoms with van der Waals surface area (Å²) in [5.74, 6) is -0.132. The number of aryl methyl sites for hydroxylation is 1. The van der Waals surface area contributed by atoms with Gasteiger partial charge in [0.2, 0.25) is 0 Å². The van der Waals surface area contributed by atoms with Gasteiger partial charge in [0.15, 0.2) is 0 Å². The van der Waals surface area contributed by atoms with Crippen LogP contribution in [0, 0.1) is 10.1 Å². The molecule has 0 fully saturated rings. The third-order valence-electron chi connectivity index (χ3n) is 2.39. The summed E-state index contributed by atoms with van der Waals surface area (Å²) in [7, 11) is 0. The van der Waals surface area contributed by atoms with Gasteiger partial charge in [0.05, 0.1) is 13.2 Å².